The summed E-state index contributed by atoms with van der Waals surface area (Å²) >= 11 is 1.36. The van der Waals surface area contributed by atoms with Gasteiger partial charge in [0, 0.05) is 23.6 Å². The van der Waals surface area contributed by atoms with Crippen molar-refractivity contribution in [1.82, 2.24) is 5.32 Å². The van der Waals surface area contributed by atoms with Crippen molar-refractivity contribution in [3.05, 3.63) is 64.2 Å². The Morgan fingerprint density at radius 1 is 1.21 bits per heavy atom. The van der Waals surface area contributed by atoms with Gasteiger partial charge in [-0.1, -0.05) is 12.1 Å². The average Bonchev–Trinajstić information content (AvgIpc) is 2.60. The van der Waals surface area contributed by atoms with E-state index in [2.05, 4.69) is 5.32 Å². The molecule has 1 atom stereocenters. The molecule has 126 valence electrons. The molecule has 0 saturated carbocycles. The Labute approximate surface area is 144 Å². The van der Waals surface area contributed by atoms with Crippen molar-refractivity contribution in [3.8, 4) is 5.75 Å². The molecule has 1 N–H and O–H groups in total. The molecule has 0 heterocycles. The van der Waals surface area contributed by atoms with Crippen LogP contribution < -0.4 is 10.1 Å². The normalized spacial score (nSPS) is 11.6. The zero-order valence-corrected chi connectivity index (χ0v) is 14.2. The summed E-state index contributed by atoms with van der Waals surface area (Å²) in [5.41, 5.74) is 1.02. The molecule has 0 spiro atoms. The van der Waals surface area contributed by atoms with Crippen LogP contribution in [-0.2, 0) is 11.3 Å². The van der Waals surface area contributed by atoms with Gasteiger partial charge < -0.3 is 10.1 Å². The van der Waals surface area contributed by atoms with Crippen LogP contribution in [0.15, 0.2) is 53.4 Å². The first-order valence-electron chi connectivity index (χ1n) is 7.31. The van der Waals surface area contributed by atoms with Crippen LogP contribution in [0.4, 0.5) is 5.69 Å². The molecule has 0 saturated heterocycles. The predicted octanol–water partition coefficient (Wildman–Crippen LogP) is 3.40. The fourth-order valence-corrected chi connectivity index (χ4v) is 2.87. The van der Waals surface area contributed by atoms with Gasteiger partial charge in [0.2, 0.25) is 5.91 Å². The van der Waals surface area contributed by atoms with Crippen molar-refractivity contribution in [1.29, 1.82) is 0 Å². The first-order chi connectivity index (χ1) is 11.5. The lowest BCUT2D eigenvalue weighted by atomic mass is 10.2. The summed E-state index contributed by atoms with van der Waals surface area (Å²) in [7, 11) is 1.61. The van der Waals surface area contributed by atoms with E-state index in [1.165, 1.54) is 23.9 Å². The largest absolute Gasteiger partial charge is 0.497 e. The topological polar surface area (TPSA) is 81.5 Å². The van der Waals surface area contributed by atoms with E-state index in [0.29, 0.717) is 6.54 Å². The summed E-state index contributed by atoms with van der Waals surface area (Å²) in [4.78, 5) is 23.2. The van der Waals surface area contributed by atoms with E-state index in [1.54, 1.807) is 26.2 Å². The maximum Gasteiger partial charge on any atom is 0.269 e. The van der Waals surface area contributed by atoms with Crippen LogP contribution in [0.2, 0.25) is 0 Å². The number of hydrogen-bond donors (Lipinski definition) is 1. The number of nitrogens with zero attached hydrogens (tertiary/aromatic N) is 1. The van der Waals surface area contributed by atoms with Gasteiger partial charge in [-0.15, -0.1) is 11.8 Å². The van der Waals surface area contributed by atoms with Crippen molar-refractivity contribution in [3.63, 3.8) is 0 Å². The molecule has 0 unspecified atom stereocenters. The molecule has 0 radical (unpaired) electrons. The second kappa shape index (κ2) is 8.35. The van der Waals surface area contributed by atoms with Crippen LogP contribution >= 0.6 is 11.8 Å². The Morgan fingerprint density at radius 2 is 1.83 bits per heavy atom. The summed E-state index contributed by atoms with van der Waals surface area (Å²) in [6, 6.07) is 13.6. The molecule has 0 aliphatic heterocycles. The van der Waals surface area contributed by atoms with E-state index in [4.69, 9.17) is 4.74 Å². The lowest BCUT2D eigenvalue weighted by molar-refractivity contribution is -0.384. The van der Waals surface area contributed by atoms with E-state index in [0.717, 1.165) is 16.2 Å². The highest BCUT2D eigenvalue weighted by atomic mass is 32.2. The number of carbonyl (C=O) groups is 1. The Bertz CT molecular complexity index is 702. The minimum Gasteiger partial charge on any atom is -0.497 e. The Hall–Kier alpha value is -2.54. The molecule has 6 nitrogen and oxygen atoms in total. The summed E-state index contributed by atoms with van der Waals surface area (Å²) in [6.07, 6.45) is 0. The Kier molecular flexibility index (Phi) is 6.20. The minimum absolute atomic E-state index is 0.0379. The molecule has 7 heteroatoms. The van der Waals surface area contributed by atoms with Gasteiger partial charge in [-0.05, 0) is 36.8 Å². The predicted molar refractivity (Wildman–Crippen MR) is 93.3 cm³/mol. The molecule has 2 aromatic carbocycles. The van der Waals surface area contributed by atoms with Crippen LogP contribution in [-0.4, -0.2) is 23.2 Å². The summed E-state index contributed by atoms with van der Waals surface area (Å²) in [6.45, 7) is 2.24. The maximum absolute atomic E-state index is 12.2. The first-order valence-corrected chi connectivity index (χ1v) is 8.19. The van der Waals surface area contributed by atoms with Gasteiger partial charge in [0.05, 0.1) is 17.3 Å². The smallest absolute Gasteiger partial charge is 0.269 e. The van der Waals surface area contributed by atoms with Crippen LogP contribution in [0.1, 0.15) is 12.5 Å². The zero-order valence-electron chi connectivity index (χ0n) is 13.4. The zero-order chi connectivity index (χ0) is 17.5. The number of thioether (sulfide) groups is 1. The van der Waals surface area contributed by atoms with Crippen LogP contribution in [0, 0.1) is 10.1 Å². The number of rotatable bonds is 7. The molecule has 0 bridgehead atoms. The Balaban J connectivity index is 1.85. The molecular formula is C17H18N2O4S. The van der Waals surface area contributed by atoms with Gasteiger partial charge in [-0.3, -0.25) is 14.9 Å². The molecule has 2 aromatic rings. The number of benzene rings is 2. The fourth-order valence-electron chi connectivity index (χ4n) is 1.98. The quantitative estimate of drug-likeness (QED) is 0.472. The molecule has 0 fully saturated rings. The second-order valence-corrected chi connectivity index (χ2v) is 6.49. The van der Waals surface area contributed by atoms with Crippen LogP contribution in [0.3, 0.4) is 0 Å². The highest BCUT2D eigenvalue weighted by Crippen LogP contribution is 2.25. The van der Waals surface area contributed by atoms with Gasteiger partial charge >= 0.3 is 0 Å². The van der Waals surface area contributed by atoms with Gasteiger partial charge in [0.1, 0.15) is 5.75 Å². The SMILES string of the molecule is COc1ccc(CNC(=O)[C@@H](C)Sc2ccc([N+](=O)[O-])cc2)cc1. The molecule has 1 amide bonds. The van der Waals surface area contributed by atoms with Gasteiger partial charge in [-0.25, -0.2) is 0 Å². The van der Waals surface area contributed by atoms with Gasteiger partial charge in [-0.2, -0.15) is 0 Å². The molecule has 0 aliphatic carbocycles. The monoisotopic (exact) mass is 346 g/mol. The number of nitro groups is 1. The third kappa shape index (κ3) is 4.99. The lowest BCUT2D eigenvalue weighted by Crippen LogP contribution is -2.30. The number of carbonyl (C=O) groups excluding carboxylic acids is 1. The number of ether oxygens (including phenoxy) is 1. The summed E-state index contributed by atoms with van der Waals surface area (Å²) in [5, 5.41) is 13.2. The fraction of sp³-hybridized carbons (Fsp3) is 0.235. The molecule has 0 aromatic heterocycles. The highest BCUT2D eigenvalue weighted by molar-refractivity contribution is 8.00. The molecule has 2 rings (SSSR count). The van der Waals surface area contributed by atoms with E-state index < -0.39 is 4.92 Å². The molecule has 0 aliphatic rings. The molecular weight excluding hydrogens is 328 g/mol. The number of hydrogen-bond acceptors (Lipinski definition) is 5. The molecule has 24 heavy (non-hydrogen) atoms. The summed E-state index contributed by atoms with van der Waals surface area (Å²) in [5.74, 6) is 0.682. The van der Waals surface area contributed by atoms with Crippen molar-refractivity contribution >= 4 is 23.4 Å². The number of nitrogens with one attached hydrogen (secondary N) is 1. The van der Waals surface area contributed by atoms with Crippen molar-refractivity contribution in [2.75, 3.05) is 7.11 Å². The third-order valence-corrected chi connectivity index (χ3v) is 4.47. The third-order valence-electron chi connectivity index (χ3n) is 3.36. The van der Waals surface area contributed by atoms with E-state index in [-0.39, 0.29) is 16.8 Å². The Morgan fingerprint density at radius 3 is 2.38 bits per heavy atom. The minimum atomic E-state index is -0.445. The first kappa shape index (κ1) is 17.8. The second-order valence-electron chi connectivity index (χ2n) is 5.08. The lowest BCUT2D eigenvalue weighted by Gasteiger charge is -2.12. The van der Waals surface area contributed by atoms with Crippen LogP contribution in [0.25, 0.3) is 0 Å². The number of methoxy groups -OCH3 is 1. The van der Waals surface area contributed by atoms with Gasteiger partial charge in [0.25, 0.3) is 5.69 Å². The van der Waals surface area contributed by atoms with Crippen LogP contribution in [0.5, 0.6) is 5.75 Å². The highest BCUT2D eigenvalue weighted by Gasteiger charge is 2.15. The van der Waals surface area contributed by atoms with E-state index >= 15 is 0 Å². The standard InChI is InChI=1S/C17H18N2O4S/c1-12(24-16-9-5-14(6-10-16)19(21)22)17(20)18-11-13-3-7-15(23-2)8-4-13/h3-10,12H,11H2,1-2H3,(H,18,20)/t12-/m1/s1. The number of non-ortho nitro benzene ring substituents is 1. The number of nitro benzene ring substituents is 1. The average molecular weight is 346 g/mol. The van der Waals surface area contributed by atoms with Crippen molar-refractivity contribution in [2.24, 2.45) is 0 Å². The van der Waals surface area contributed by atoms with E-state index in [9.17, 15) is 14.9 Å². The van der Waals surface area contributed by atoms with Gasteiger partial charge in [0.15, 0.2) is 0 Å². The van der Waals surface area contributed by atoms with Crippen molar-refractivity contribution in [2.45, 2.75) is 23.6 Å². The van der Waals surface area contributed by atoms with E-state index in [1.807, 2.05) is 24.3 Å². The number of amides is 1. The maximum atomic E-state index is 12.2. The summed E-state index contributed by atoms with van der Waals surface area (Å²) < 4.78 is 5.09. The van der Waals surface area contributed by atoms with Crippen molar-refractivity contribution < 1.29 is 14.5 Å².